The summed E-state index contributed by atoms with van der Waals surface area (Å²) in [7, 11) is -8.12. The highest BCUT2D eigenvalue weighted by atomic mass is 32.2. The third kappa shape index (κ3) is 4.49. The number of rotatable bonds is 6. The van der Waals surface area contributed by atoms with Crippen LogP contribution in [-0.2, 0) is 24.5 Å². The number of halogens is 1. The van der Waals surface area contributed by atoms with E-state index in [1.807, 2.05) is 0 Å². The Labute approximate surface area is 127 Å². The Morgan fingerprint density at radius 2 is 1.77 bits per heavy atom. The van der Waals surface area contributed by atoms with Crippen LogP contribution in [0.5, 0.6) is 0 Å². The summed E-state index contributed by atoms with van der Waals surface area (Å²) in [6, 6.07) is 0.860. The highest BCUT2D eigenvalue weighted by molar-refractivity contribution is 7.93. The molecule has 22 heavy (non-hydrogen) atoms. The quantitative estimate of drug-likeness (QED) is 0.761. The lowest BCUT2D eigenvalue weighted by Gasteiger charge is -2.15. The van der Waals surface area contributed by atoms with Crippen molar-refractivity contribution >= 4 is 25.6 Å². The van der Waals surface area contributed by atoms with Crippen LogP contribution in [0.2, 0.25) is 0 Å². The second-order valence-corrected chi connectivity index (χ2v) is 8.85. The van der Waals surface area contributed by atoms with Crippen LogP contribution in [0.4, 0.5) is 4.39 Å². The molecule has 0 amide bonds. The Bertz CT molecular complexity index is 801. The van der Waals surface area contributed by atoms with E-state index in [4.69, 9.17) is 10.8 Å². The van der Waals surface area contributed by atoms with Crippen LogP contribution in [0, 0.1) is 5.82 Å². The first-order valence-corrected chi connectivity index (χ1v) is 9.83. The van der Waals surface area contributed by atoms with Gasteiger partial charge in [-0.25, -0.2) is 21.2 Å². The van der Waals surface area contributed by atoms with E-state index in [9.17, 15) is 26.0 Å². The lowest BCUT2D eigenvalue weighted by Crippen LogP contribution is -2.16. The number of hydrogen-bond acceptors (Lipinski definition) is 6. The number of sulfone groups is 2. The molecule has 1 aromatic rings. The van der Waals surface area contributed by atoms with Gasteiger partial charge in [-0.05, 0) is 24.1 Å². The van der Waals surface area contributed by atoms with E-state index in [1.54, 1.807) is 0 Å². The monoisotopic (exact) mass is 353 g/mol. The van der Waals surface area contributed by atoms with Crippen LogP contribution < -0.4 is 5.73 Å². The maximum atomic E-state index is 14.1. The van der Waals surface area contributed by atoms with Gasteiger partial charge in [0.05, 0.1) is 4.90 Å². The molecule has 0 aliphatic carbocycles. The van der Waals surface area contributed by atoms with Gasteiger partial charge < -0.3 is 10.8 Å². The predicted molar refractivity (Wildman–Crippen MR) is 76.4 cm³/mol. The van der Waals surface area contributed by atoms with Crippen molar-refractivity contribution < 1.29 is 31.1 Å². The van der Waals surface area contributed by atoms with Crippen LogP contribution in [-0.4, -0.2) is 40.4 Å². The average molecular weight is 353 g/mol. The number of carboxylic acids is 1. The number of benzene rings is 1. The zero-order valence-corrected chi connectivity index (χ0v) is 13.5. The molecule has 0 heterocycles. The van der Waals surface area contributed by atoms with E-state index in [1.165, 1.54) is 0 Å². The summed E-state index contributed by atoms with van der Waals surface area (Å²) in [6.07, 6.45) is 1.12. The summed E-state index contributed by atoms with van der Waals surface area (Å²) >= 11 is 0. The largest absolute Gasteiger partial charge is 0.481 e. The van der Waals surface area contributed by atoms with Crippen molar-refractivity contribution in [3.63, 3.8) is 0 Å². The smallest absolute Gasteiger partial charge is 0.303 e. The number of aliphatic carboxylic acids is 1. The van der Waals surface area contributed by atoms with Gasteiger partial charge in [-0.1, -0.05) is 0 Å². The number of nitrogens with two attached hydrogens (primary N) is 1. The van der Waals surface area contributed by atoms with Crippen molar-refractivity contribution in [1.82, 2.24) is 0 Å². The van der Waals surface area contributed by atoms with E-state index in [0.717, 1.165) is 18.4 Å². The van der Waals surface area contributed by atoms with E-state index in [0.29, 0.717) is 6.26 Å². The molecule has 0 radical (unpaired) electrons. The number of carbonyl (C=O) groups is 1. The number of carboxylic acid groups (broad SMARTS) is 1. The Morgan fingerprint density at radius 1 is 1.23 bits per heavy atom. The third-order valence-corrected chi connectivity index (χ3v) is 5.31. The van der Waals surface area contributed by atoms with E-state index < -0.39 is 47.3 Å². The van der Waals surface area contributed by atoms with Crippen LogP contribution in [0.1, 0.15) is 24.4 Å². The van der Waals surface area contributed by atoms with Gasteiger partial charge in [-0.3, -0.25) is 4.79 Å². The first-order valence-electron chi connectivity index (χ1n) is 6.05. The van der Waals surface area contributed by atoms with Crippen molar-refractivity contribution in [2.45, 2.75) is 28.7 Å². The second kappa shape index (κ2) is 6.31. The van der Waals surface area contributed by atoms with Crippen molar-refractivity contribution in [3.8, 4) is 0 Å². The molecule has 1 atom stereocenters. The van der Waals surface area contributed by atoms with Gasteiger partial charge in [0.15, 0.2) is 19.7 Å². The van der Waals surface area contributed by atoms with Crippen molar-refractivity contribution in [3.05, 3.63) is 23.5 Å². The molecular formula is C12H16FNO6S2. The van der Waals surface area contributed by atoms with Crippen molar-refractivity contribution in [1.29, 1.82) is 0 Å². The first kappa shape index (κ1) is 18.5. The normalized spacial score (nSPS) is 13.8. The summed E-state index contributed by atoms with van der Waals surface area (Å²) in [5.74, 6) is -2.33. The van der Waals surface area contributed by atoms with Crippen LogP contribution in [0.3, 0.4) is 0 Å². The molecule has 0 aromatic heterocycles. The molecule has 7 nitrogen and oxygen atoms in total. The molecule has 124 valence electrons. The Balaban J connectivity index is 3.50. The lowest BCUT2D eigenvalue weighted by atomic mass is 10.0. The molecule has 0 spiro atoms. The maximum Gasteiger partial charge on any atom is 0.303 e. The highest BCUT2D eigenvalue weighted by Crippen LogP contribution is 2.29. The van der Waals surface area contributed by atoms with Crippen molar-refractivity contribution in [2.75, 3.05) is 12.5 Å². The molecule has 0 aliphatic heterocycles. The summed E-state index contributed by atoms with van der Waals surface area (Å²) in [4.78, 5) is 8.91. The Morgan fingerprint density at radius 3 is 2.18 bits per heavy atom. The van der Waals surface area contributed by atoms with E-state index in [-0.39, 0.29) is 18.4 Å². The fourth-order valence-electron chi connectivity index (χ4n) is 1.88. The molecule has 0 saturated carbocycles. The lowest BCUT2D eigenvalue weighted by molar-refractivity contribution is -0.137. The Hall–Kier alpha value is -1.52. The van der Waals surface area contributed by atoms with Gasteiger partial charge >= 0.3 is 5.97 Å². The predicted octanol–water partition coefficient (Wildman–Crippen LogP) is 0.497. The molecular weight excluding hydrogens is 337 g/mol. The number of hydrogen-bond donors (Lipinski definition) is 2. The molecule has 1 rings (SSSR count). The van der Waals surface area contributed by atoms with Crippen LogP contribution in [0.15, 0.2) is 21.9 Å². The van der Waals surface area contributed by atoms with Gasteiger partial charge in [0.1, 0.15) is 10.7 Å². The van der Waals surface area contributed by atoms with E-state index >= 15 is 0 Å². The molecule has 0 saturated heterocycles. The molecule has 0 fully saturated rings. The third-order valence-electron chi connectivity index (χ3n) is 2.90. The first-order chi connectivity index (χ1) is 9.84. The molecule has 0 aliphatic rings. The molecule has 0 bridgehead atoms. The van der Waals surface area contributed by atoms with Gasteiger partial charge in [0.2, 0.25) is 0 Å². The van der Waals surface area contributed by atoms with Gasteiger partial charge in [-0.2, -0.15) is 0 Å². The summed E-state index contributed by atoms with van der Waals surface area (Å²) in [5.41, 5.74) is 5.73. The summed E-state index contributed by atoms with van der Waals surface area (Å²) in [5, 5.41) is 8.59. The molecule has 1 unspecified atom stereocenters. The fraction of sp³-hybridized carbons (Fsp3) is 0.417. The zero-order chi connectivity index (χ0) is 17.3. The maximum absolute atomic E-state index is 14.1. The SMILES string of the molecule is CS(=O)(=O)c1cc(C(N)CCC(=O)O)cc(F)c1S(C)(=O)=O. The Kier molecular flexibility index (Phi) is 5.31. The van der Waals surface area contributed by atoms with Gasteiger partial charge in [-0.15, -0.1) is 0 Å². The summed E-state index contributed by atoms with van der Waals surface area (Å²) < 4.78 is 60.7. The van der Waals surface area contributed by atoms with Gasteiger partial charge in [0.25, 0.3) is 0 Å². The molecule has 10 heteroatoms. The minimum Gasteiger partial charge on any atom is -0.481 e. The minimum absolute atomic E-state index is 0.0200. The van der Waals surface area contributed by atoms with Gasteiger partial charge in [0, 0.05) is 25.0 Å². The van der Waals surface area contributed by atoms with Crippen molar-refractivity contribution in [2.24, 2.45) is 5.73 Å². The molecule has 1 aromatic carbocycles. The van der Waals surface area contributed by atoms with E-state index in [2.05, 4.69) is 0 Å². The zero-order valence-electron chi connectivity index (χ0n) is 11.9. The molecule has 3 N–H and O–H groups in total. The standard InChI is InChI=1S/C12H16FNO6S2/c1-21(17,18)10-6-7(9(14)3-4-11(15)16)5-8(13)12(10)22(2,19)20/h5-6,9H,3-4,14H2,1-2H3,(H,15,16). The van der Waals surface area contributed by atoms with Crippen LogP contribution >= 0.6 is 0 Å². The highest BCUT2D eigenvalue weighted by Gasteiger charge is 2.27. The minimum atomic E-state index is -4.10. The second-order valence-electron chi connectivity index (χ2n) is 4.91. The fourth-order valence-corrected chi connectivity index (χ4v) is 4.41. The summed E-state index contributed by atoms with van der Waals surface area (Å²) in [6.45, 7) is 0. The van der Waals surface area contributed by atoms with Crippen LogP contribution in [0.25, 0.3) is 0 Å². The average Bonchev–Trinajstić information content (AvgIpc) is 2.32. The topological polar surface area (TPSA) is 132 Å².